The van der Waals surface area contributed by atoms with Crippen LogP contribution in [0.2, 0.25) is 0 Å². The number of carbonyl (C=O) groups excluding carboxylic acids is 3. The lowest BCUT2D eigenvalue weighted by atomic mass is 9.75. The summed E-state index contributed by atoms with van der Waals surface area (Å²) in [7, 11) is 1.29. The number of fused-ring (bicyclic) bond motifs is 2. The van der Waals surface area contributed by atoms with E-state index in [0.29, 0.717) is 18.9 Å². The van der Waals surface area contributed by atoms with Crippen molar-refractivity contribution in [3.05, 3.63) is 94.9 Å². The molecule has 3 aliphatic rings. The number of aromatic nitrogens is 4. The summed E-state index contributed by atoms with van der Waals surface area (Å²) < 4.78 is 11.4. The quantitative estimate of drug-likeness (QED) is 0.146. The van der Waals surface area contributed by atoms with E-state index in [9.17, 15) is 14.4 Å². The van der Waals surface area contributed by atoms with Gasteiger partial charge in [0.1, 0.15) is 41.3 Å². The summed E-state index contributed by atoms with van der Waals surface area (Å²) in [5.41, 5.74) is 7.40. The molecule has 0 fully saturated rings. The van der Waals surface area contributed by atoms with E-state index in [1.165, 1.54) is 7.11 Å². The van der Waals surface area contributed by atoms with Crippen LogP contribution in [-0.2, 0) is 19.7 Å². The van der Waals surface area contributed by atoms with Crippen molar-refractivity contribution in [3.63, 3.8) is 0 Å². The van der Waals surface area contributed by atoms with Gasteiger partial charge in [-0.05, 0) is 49.9 Å². The van der Waals surface area contributed by atoms with Crippen molar-refractivity contribution in [2.24, 2.45) is 17.8 Å². The molecule has 4 atom stereocenters. The summed E-state index contributed by atoms with van der Waals surface area (Å²) in [5, 5.41) is 2.70. The lowest BCUT2D eigenvalue weighted by molar-refractivity contribution is -0.137. The van der Waals surface area contributed by atoms with Crippen LogP contribution >= 0.6 is 0 Å². The number of aromatic amines is 2. The minimum Gasteiger partial charge on any atom is -0.457 e. The smallest absolute Gasteiger partial charge is 0.407 e. The van der Waals surface area contributed by atoms with Crippen molar-refractivity contribution in [2.75, 3.05) is 20.2 Å². The maximum absolute atomic E-state index is 13.8. The number of carbonyl (C=O) groups is 3. The number of alkyl carbamates (subject to hydrolysis) is 1. The van der Waals surface area contributed by atoms with Crippen molar-refractivity contribution < 1.29 is 23.9 Å². The first-order valence-corrected chi connectivity index (χ1v) is 19.4. The van der Waals surface area contributed by atoms with Gasteiger partial charge >= 0.3 is 6.09 Å². The molecule has 2 aromatic carbocycles. The van der Waals surface area contributed by atoms with Crippen molar-refractivity contribution in [2.45, 2.75) is 85.9 Å². The summed E-state index contributed by atoms with van der Waals surface area (Å²) in [4.78, 5) is 59.4. The molecule has 7 rings (SSSR count). The van der Waals surface area contributed by atoms with Gasteiger partial charge in [0.05, 0.1) is 24.7 Å². The van der Waals surface area contributed by atoms with Gasteiger partial charge < -0.3 is 34.6 Å². The number of methoxy groups -OCH3 is 1. The molecule has 294 valence electrons. The summed E-state index contributed by atoms with van der Waals surface area (Å²) in [6.07, 6.45) is 7.21. The number of hydrogen-bond acceptors (Lipinski definition) is 7. The van der Waals surface area contributed by atoms with E-state index in [1.54, 1.807) is 4.90 Å². The Morgan fingerprint density at radius 2 is 1.52 bits per heavy atom. The van der Waals surface area contributed by atoms with Crippen LogP contribution in [0.3, 0.4) is 0 Å². The van der Waals surface area contributed by atoms with E-state index in [-0.39, 0.29) is 41.0 Å². The van der Waals surface area contributed by atoms with E-state index < -0.39 is 18.2 Å². The zero-order valence-electron chi connectivity index (χ0n) is 34.0. The molecule has 0 spiro atoms. The Balaban J connectivity index is 1.11. The normalized spacial score (nSPS) is 19.6. The first kappa shape index (κ1) is 38.6. The highest BCUT2D eigenvalue weighted by molar-refractivity contribution is 5.87. The van der Waals surface area contributed by atoms with E-state index >= 15 is 0 Å². The van der Waals surface area contributed by atoms with Crippen LogP contribution < -0.4 is 10.1 Å². The molecule has 56 heavy (non-hydrogen) atoms. The SMILES string of the molecule is COC(=O)N[C@H](C(=O)N1CC(C)=C[C@H]1c1nc(-c2ccc3c(c2)Oc2ccc(-c4cnc([C@@H]5C=C(C)CN5C(=O)[C@@H](C)C(C)C)[nH]4)cc2C3(C)C)c[nH]1)C(C)C. The average Bonchev–Trinajstić information content (AvgIpc) is 3.99. The lowest BCUT2D eigenvalue weighted by Gasteiger charge is -2.35. The number of hydrogen-bond donors (Lipinski definition) is 3. The number of nitrogens with one attached hydrogen (secondary N) is 3. The predicted octanol–water partition coefficient (Wildman–Crippen LogP) is 8.23. The fraction of sp³-hybridized carbons (Fsp3) is 0.432. The molecule has 0 unspecified atom stereocenters. The van der Waals surface area contributed by atoms with Crippen LogP contribution in [0.1, 0.15) is 97.2 Å². The minimum absolute atomic E-state index is 0.0754. The van der Waals surface area contributed by atoms with Gasteiger partial charge in [-0.3, -0.25) is 9.59 Å². The van der Waals surface area contributed by atoms with Gasteiger partial charge in [0, 0.05) is 52.9 Å². The van der Waals surface area contributed by atoms with E-state index in [0.717, 1.165) is 62.1 Å². The number of imidazole rings is 2. The zero-order chi connectivity index (χ0) is 40.2. The monoisotopic (exact) mass is 759 g/mol. The molecule has 5 heterocycles. The van der Waals surface area contributed by atoms with Crippen molar-refractivity contribution in [1.82, 2.24) is 35.1 Å². The summed E-state index contributed by atoms with van der Waals surface area (Å²) in [5.74, 6) is 2.90. The number of nitrogens with zero attached hydrogens (tertiary/aromatic N) is 4. The summed E-state index contributed by atoms with van der Waals surface area (Å²) in [6, 6.07) is 11.0. The highest BCUT2D eigenvalue weighted by Crippen LogP contribution is 2.50. The first-order chi connectivity index (χ1) is 26.6. The molecule has 4 aromatic rings. The van der Waals surface area contributed by atoms with Gasteiger partial charge in [-0.15, -0.1) is 0 Å². The molecule has 3 N–H and O–H groups in total. The highest BCUT2D eigenvalue weighted by atomic mass is 16.5. The molecule has 2 aromatic heterocycles. The largest absolute Gasteiger partial charge is 0.457 e. The van der Waals surface area contributed by atoms with Gasteiger partial charge in [0.15, 0.2) is 0 Å². The van der Waals surface area contributed by atoms with Crippen LogP contribution in [0.5, 0.6) is 11.5 Å². The van der Waals surface area contributed by atoms with Crippen molar-refractivity contribution in [3.8, 4) is 34.0 Å². The van der Waals surface area contributed by atoms with Gasteiger partial charge in [0.2, 0.25) is 11.8 Å². The van der Waals surface area contributed by atoms with Gasteiger partial charge in [0.25, 0.3) is 0 Å². The van der Waals surface area contributed by atoms with Gasteiger partial charge in [-0.1, -0.05) is 83.9 Å². The number of amides is 3. The molecule has 12 nitrogen and oxygen atoms in total. The number of H-pyrrole nitrogens is 2. The first-order valence-electron chi connectivity index (χ1n) is 19.4. The maximum Gasteiger partial charge on any atom is 0.407 e. The zero-order valence-corrected chi connectivity index (χ0v) is 34.0. The third-order valence-electron chi connectivity index (χ3n) is 11.6. The molecule has 0 bridgehead atoms. The van der Waals surface area contributed by atoms with E-state index in [4.69, 9.17) is 19.4 Å². The fourth-order valence-electron chi connectivity index (χ4n) is 7.96. The number of benzene rings is 2. The molecule has 0 saturated heterocycles. The van der Waals surface area contributed by atoms with Crippen LogP contribution in [0.15, 0.2) is 72.1 Å². The van der Waals surface area contributed by atoms with Crippen LogP contribution in [0.4, 0.5) is 4.79 Å². The molecular formula is C44H53N7O5. The highest BCUT2D eigenvalue weighted by Gasteiger charge is 2.39. The molecule has 0 radical (unpaired) electrons. The maximum atomic E-state index is 13.8. The Morgan fingerprint density at radius 1 is 0.857 bits per heavy atom. The Hall–Kier alpha value is -5.65. The van der Waals surface area contributed by atoms with Gasteiger partial charge in [-0.2, -0.15) is 0 Å². The lowest BCUT2D eigenvalue weighted by Crippen LogP contribution is -2.51. The molecule has 0 aliphatic carbocycles. The fourth-order valence-corrected chi connectivity index (χ4v) is 7.96. The van der Waals surface area contributed by atoms with Crippen LogP contribution in [0, 0.1) is 17.8 Å². The second-order valence-electron chi connectivity index (χ2n) is 16.7. The topological polar surface area (TPSA) is 146 Å². The van der Waals surface area contributed by atoms with Crippen LogP contribution in [-0.4, -0.2) is 73.9 Å². The molecular weight excluding hydrogens is 707 g/mol. The predicted molar refractivity (Wildman–Crippen MR) is 215 cm³/mol. The van der Waals surface area contributed by atoms with Crippen molar-refractivity contribution >= 4 is 17.9 Å². The summed E-state index contributed by atoms with van der Waals surface area (Å²) >= 11 is 0. The molecule has 0 saturated carbocycles. The number of ether oxygens (including phenoxy) is 2. The molecule has 12 heteroatoms. The third-order valence-corrected chi connectivity index (χ3v) is 11.6. The van der Waals surface area contributed by atoms with E-state index in [1.807, 2.05) is 69.3 Å². The van der Waals surface area contributed by atoms with Gasteiger partial charge in [-0.25, -0.2) is 14.8 Å². The Morgan fingerprint density at radius 3 is 2.18 bits per heavy atom. The Kier molecular flexibility index (Phi) is 10.2. The standard InChI is InChI=1S/C44H53N7O5/c1-23(2)27(7)41(52)50-21-25(5)15-34(50)39-45-19-32(47-39)28-12-14-36-31(17-28)44(8,9)30-13-11-29(18-37(30)56-36)33-20-46-40(48-33)35-16-26(6)22-51(35)42(53)38(24(3)4)49-43(54)55-10/h11-20,23-24,27,34-35,38H,21-22H2,1-10H3,(H,45,47)(H,46,48)(H,49,54)/t27-,34-,35-,38-/m0/s1. The van der Waals surface area contributed by atoms with Crippen molar-refractivity contribution in [1.29, 1.82) is 0 Å². The van der Waals surface area contributed by atoms with E-state index in [2.05, 4.69) is 74.2 Å². The van der Waals surface area contributed by atoms with Crippen LogP contribution in [0.25, 0.3) is 22.5 Å². The minimum atomic E-state index is -0.740. The molecule has 3 amide bonds. The average molecular weight is 760 g/mol. The summed E-state index contributed by atoms with van der Waals surface area (Å²) in [6.45, 7) is 19.4. The third kappa shape index (κ3) is 7.01. The number of rotatable bonds is 9. The second kappa shape index (κ2) is 14.8. The molecule has 3 aliphatic heterocycles. The Bertz CT molecular complexity index is 2240. The second-order valence-corrected chi connectivity index (χ2v) is 16.7. The Labute approximate surface area is 328 Å².